The van der Waals surface area contributed by atoms with Crippen LogP contribution in [-0.4, -0.2) is 24.7 Å². The van der Waals surface area contributed by atoms with Gasteiger partial charge in [-0.25, -0.2) is 0 Å². The highest BCUT2D eigenvalue weighted by molar-refractivity contribution is 6.09. The Morgan fingerprint density at radius 3 is 2.73 bits per heavy atom. The predicted octanol–water partition coefficient (Wildman–Crippen LogP) is 3.50. The molecule has 1 aromatic heterocycles. The van der Waals surface area contributed by atoms with E-state index < -0.39 is 0 Å². The SMILES string of the molecule is CCN(C(=O)c1cc(OC)no1)c1cccc2ccccc12. The molecule has 1 amide bonds. The lowest BCUT2D eigenvalue weighted by Crippen LogP contribution is -2.30. The lowest BCUT2D eigenvalue weighted by atomic mass is 10.1. The van der Waals surface area contributed by atoms with Gasteiger partial charge in [-0.1, -0.05) is 36.4 Å². The van der Waals surface area contributed by atoms with Crippen molar-refractivity contribution in [3.8, 4) is 5.88 Å². The molecule has 0 aliphatic rings. The van der Waals surface area contributed by atoms with Crippen molar-refractivity contribution in [1.82, 2.24) is 5.16 Å². The second-order valence-corrected chi connectivity index (χ2v) is 4.78. The zero-order valence-electron chi connectivity index (χ0n) is 12.4. The van der Waals surface area contributed by atoms with Crippen LogP contribution in [0.3, 0.4) is 0 Å². The number of hydrogen-bond acceptors (Lipinski definition) is 4. The first-order valence-corrected chi connectivity index (χ1v) is 7.05. The molecule has 2 aromatic carbocycles. The summed E-state index contributed by atoms with van der Waals surface area (Å²) in [6.07, 6.45) is 0. The van der Waals surface area contributed by atoms with E-state index in [1.807, 2.05) is 49.4 Å². The van der Waals surface area contributed by atoms with Gasteiger partial charge in [0.1, 0.15) is 0 Å². The largest absolute Gasteiger partial charge is 0.479 e. The fourth-order valence-electron chi connectivity index (χ4n) is 2.46. The highest BCUT2D eigenvalue weighted by atomic mass is 16.5. The van der Waals surface area contributed by atoms with Gasteiger partial charge >= 0.3 is 0 Å². The average molecular weight is 296 g/mol. The van der Waals surface area contributed by atoms with Crippen LogP contribution in [0.15, 0.2) is 53.1 Å². The number of methoxy groups -OCH3 is 1. The van der Waals surface area contributed by atoms with Crippen LogP contribution in [0.1, 0.15) is 17.5 Å². The minimum Gasteiger partial charge on any atom is -0.479 e. The molecule has 0 aliphatic heterocycles. The third-order valence-electron chi connectivity index (χ3n) is 3.53. The molecule has 0 radical (unpaired) electrons. The van der Waals surface area contributed by atoms with Gasteiger partial charge in [-0.15, -0.1) is 0 Å². The number of ether oxygens (including phenoxy) is 1. The summed E-state index contributed by atoms with van der Waals surface area (Å²) >= 11 is 0. The number of anilines is 1. The molecule has 0 unspecified atom stereocenters. The van der Waals surface area contributed by atoms with Gasteiger partial charge in [0.15, 0.2) is 0 Å². The first kappa shape index (κ1) is 14.1. The van der Waals surface area contributed by atoms with Crippen LogP contribution in [0.25, 0.3) is 10.8 Å². The van der Waals surface area contributed by atoms with Crippen molar-refractivity contribution < 1.29 is 14.1 Å². The molecule has 112 valence electrons. The van der Waals surface area contributed by atoms with E-state index in [1.165, 1.54) is 13.2 Å². The number of amides is 1. The van der Waals surface area contributed by atoms with Crippen LogP contribution >= 0.6 is 0 Å². The number of aromatic nitrogens is 1. The summed E-state index contributed by atoms with van der Waals surface area (Å²) in [6, 6.07) is 15.3. The summed E-state index contributed by atoms with van der Waals surface area (Å²) in [7, 11) is 1.48. The Kier molecular flexibility index (Phi) is 3.78. The fourth-order valence-corrected chi connectivity index (χ4v) is 2.46. The lowest BCUT2D eigenvalue weighted by molar-refractivity contribution is 0.0952. The Balaban J connectivity index is 2.04. The van der Waals surface area contributed by atoms with E-state index in [4.69, 9.17) is 9.26 Å². The van der Waals surface area contributed by atoms with Crippen molar-refractivity contribution >= 4 is 22.4 Å². The molecule has 0 aliphatic carbocycles. The number of benzene rings is 2. The molecule has 0 saturated carbocycles. The minimum absolute atomic E-state index is 0.159. The maximum Gasteiger partial charge on any atom is 0.297 e. The van der Waals surface area contributed by atoms with E-state index in [9.17, 15) is 4.79 Å². The van der Waals surface area contributed by atoms with Gasteiger partial charge in [-0.05, 0) is 23.5 Å². The van der Waals surface area contributed by atoms with Gasteiger partial charge in [0.05, 0.1) is 18.9 Å². The molecule has 0 spiro atoms. The van der Waals surface area contributed by atoms with Crippen molar-refractivity contribution in [2.45, 2.75) is 6.92 Å². The topological polar surface area (TPSA) is 55.6 Å². The minimum atomic E-state index is -0.241. The van der Waals surface area contributed by atoms with Gasteiger partial charge in [-0.3, -0.25) is 4.79 Å². The Morgan fingerprint density at radius 1 is 1.23 bits per heavy atom. The third kappa shape index (κ3) is 2.41. The summed E-state index contributed by atoms with van der Waals surface area (Å²) in [5.74, 6) is 0.207. The molecule has 3 rings (SSSR count). The quantitative estimate of drug-likeness (QED) is 0.739. The summed E-state index contributed by atoms with van der Waals surface area (Å²) in [5.41, 5.74) is 0.848. The molecule has 0 N–H and O–H groups in total. The standard InChI is InChI=1S/C17H16N2O3/c1-3-19(17(20)15-11-16(21-2)18-22-15)14-10-6-8-12-7-4-5-9-13(12)14/h4-11H,3H2,1-2H3. The van der Waals surface area contributed by atoms with Crippen molar-refractivity contribution in [2.24, 2.45) is 0 Å². The predicted molar refractivity (Wildman–Crippen MR) is 84.4 cm³/mol. The molecule has 22 heavy (non-hydrogen) atoms. The second-order valence-electron chi connectivity index (χ2n) is 4.78. The van der Waals surface area contributed by atoms with Crippen LogP contribution < -0.4 is 9.64 Å². The molecule has 1 heterocycles. The van der Waals surface area contributed by atoms with E-state index in [0.717, 1.165) is 16.5 Å². The summed E-state index contributed by atoms with van der Waals surface area (Å²) < 4.78 is 10.0. The number of fused-ring (bicyclic) bond motifs is 1. The Morgan fingerprint density at radius 2 is 2.00 bits per heavy atom. The molecular weight excluding hydrogens is 280 g/mol. The number of nitrogens with zero attached hydrogens (tertiary/aromatic N) is 2. The Bertz CT molecular complexity index is 805. The van der Waals surface area contributed by atoms with Crippen LogP contribution in [0.2, 0.25) is 0 Å². The number of carbonyl (C=O) groups is 1. The first-order chi connectivity index (χ1) is 10.7. The number of carbonyl (C=O) groups excluding carboxylic acids is 1. The molecule has 0 fully saturated rings. The van der Waals surface area contributed by atoms with Crippen LogP contribution in [0, 0.1) is 0 Å². The van der Waals surface area contributed by atoms with Crippen LogP contribution in [-0.2, 0) is 0 Å². The number of rotatable bonds is 4. The highest BCUT2D eigenvalue weighted by Crippen LogP contribution is 2.28. The Labute approximate surface area is 128 Å². The van der Waals surface area contributed by atoms with E-state index in [0.29, 0.717) is 6.54 Å². The molecule has 0 atom stereocenters. The molecule has 0 saturated heterocycles. The molecular formula is C17H16N2O3. The summed E-state index contributed by atoms with van der Waals surface area (Å²) in [5, 5.41) is 5.79. The van der Waals surface area contributed by atoms with Crippen LogP contribution in [0.4, 0.5) is 5.69 Å². The molecule has 5 nitrogen and oxygen atoms in total. The van der Waals surface area contributed by atoms with Gasteiger partial charge < -0.3 is 14.2 Å². The van der Waals surface area contributed by atoms with Crippen LogP contribution in [0.5, 0.6) is 5.88 Å². The van der Waals surface area contributed by atoms with Crippen molar-refractivity contribution in [2.75, 3.05) is 18.6 Å². The molecule has 0 bridgehead atoms. The molecule has 3 aromatic rings. The van der Waals surface area contributed by atoms with E-state index in [-0.39, 0.29) is 17.5 Å². The van der Waals surface area contributed by atoms with E-state index in [1.54, 1.807) is 4.90 Å². The van der Waals surface area contributed by atoms with Gasteiger partial charge in [0.2, 0.25) is 5.76 Å². The fraction of sp³-hybridized carbons (Fsp3) is 0.176. The zero-order chi connectivity index (χ0) is 15.5. The normalized spacial score (nSPS) is 10.6. The zero-order valence-corrected chi connectivity index (χ0v) is 12.4. The van der Waals surface area contributed by atoms with Gasteiger partial charge in [0.25, 0.3) is 11.8 Å². The maximum absolute atomic E-state index is 12.7. The smallest absolute Gasteiger partial charge is 0.297 e. The Hall–Kier alpha value is -2.82. The van der Waals surface area contributed by atoms with Gasteiger partial charge in [-0.2, -0.15) is 0 Å². The monoisotopic (exact) mass is 296 g/mol. The maximum atomic E-state index is 12.7. The second kappa shape index (κ2) is 5.89. The van der Waals surface area contributed by atoms with Crippen molar-refractivity contribution in [3.63, 3.8) is 0 Å². The molecule has 5 heteroatoms. The third-order valence-corrected chi connectivity index (χ3v) is 3.53. The summed E-state index contributed by atoms with van der Waals surface area (Å²) in [6.45, 7) is 2.45. The first-order valence-electron chi connectivity index (χ1n) is 7.05. The van der Waals surface area contributed by atoms with Crippen molar-refractivity contribution in [3.05, 3.63) is 54.3 Å². The van der Waals surface area contributed by atoms with E-state index >= 15 is 0 Å². The average Bonchev–Trinajstić information content (AvgIpc) is 3.05. The summed E-state index contributed by atoms with van der Waals surface area (Å²) in [4.78, 5) is 14.4. The van der Waals surface area contributed by atoms with E-state index in [2.05, 4.69) is 5.16 Å². The van der Waals surface area contributed by atoms with Crippen molar-refractivity contribution in [1.29, 1.82) is 0 Å². The highest BCUT2D eigenvalue weighted by Gasteiger charge is 2.22. The lowest BCUT2D eigenvalue weighted by Gasteiger charge is -2.21. The van der Waals surface area contributed by atoms with Gasteiger partial charge in [0, 0.05) is 11.9 Å². The number of hydrogen-bond donors (Lipinski definition) is 0.